The molecule has 224 valence electrons. The summed E-state index contributed by atoms with van der Waals surface area (Å²) in [6, 6.07) is 32.9. The van der Waals surface area contributed by atoms with Gasteiger partial charge in [0.05, 0.1) is 21.9 Å². The SMILES string of the molecule is O=[N+]([O-])c1cccc(C2Nc3ccc(S(=O)(=O)N4CCN(C(c5ccccc5)c5ccccc5)CC4)cc3C3C=CCC32)c1. The van der Waals surface area contributed by atoms with Crippen molar-refractivity contribution in [3.05, 3.63) is 148 Å². The van der Waals surface area contributed by atoms with Crippen LogP contribution in [0.2, 0.25) is 0 Å². The molecule has 0 spiro atoms. The van der Waals surface area contributed by atoms with Gasteiger partial charge in [-0.15, -0.1) is 0 Å². The number of nitro benzene ring substituents is 1. The van der Waals surface area contributed by atoms with Gasteiger partial charge in [-0.05, 0) is 52.8 Å². The Balaban J connectivity index is 1.12. The fourth-order valence-corrected chi connectivity index (χ4v) is 8.59. The monoisotopic (exact) mass is 606 g/mol. The van der Waals surface area contributed by atoms with Gasteiger partial charge in [0.15, 0.2) is 0 Å². The van der Waals surface area contributed by atoms with Crippen LogP contribution in [0.3, 0.4) is 0 Å². The number of benzene rings is 4. The molecule has 0 aromatic heterocycles. The van der Waals surface area contributed by atoms with Gasteiger partial charge in [0.1, 0.15) is 0 Å². The lowest BCUT2D eigenvalue weighted by Gasteiger charge is -2.40. The topological polar surface area (TPSA) is 95.8 Å². The highest BCUT2D eigenvalue weighted by molar-refractivity contribution is 7.89. The standard InChI is InChI=1S/C35H34N4O4S/c40-39(41)28-14-7-13-27(23-28)34-31-16-8-15-30(31)32-24-29(17-18-33(32)36-34)44(42,43)38-21-19-37(20-22-38)35(25-9-3-1-4-10-25)26-11-5-2-6-12-26/h1-15,17-18,23-24,30-31,34-36H,16,19-22H2. The number of nitrogens with one attached hydrogen (secondary N) is 1. The molecule has 0 saturated carbocycles. The largest absolute Gasteiger partial charge is 0.378 e. The molecule has 0 bridgehead atoms. The molecule has 1 fully saturated rings. The van der Waals surface area contributed by atoms with Gasteiger partial charge >= 0.3 is 0 Å². The summed E-state index contributed by atoms with van der Waals surface area (Å²) in [4.78, 5) is 13.7. The van der Waals surface area contributed by atoms with Crippen LogP contribution in [-0.2, 0) is 10.0 Å². The van der Waals surface area contributed by atoms with Crippen LogP contribution in [0.4, 0.5) is 11.4 Å². The lowest BCUT2D eigenvalue weighted by Crippen LogP contribution is -2.49. The number of anilines is 1. The third-order valence-electron chi connectivity index (χ3n) is 9.28. The number of hydrogen-bond donors (Lipinski definition) is 1. The number of sulfonamides is 1. The molecular formula is C35H34N4O4S. The van der Waals surface area contributed by atoms with Crippen LogP contribution >= 0.6 is 0 Å². The van der Waals surface area contributed by atoms with Crippen LogP contribution < -0.4 is 5.32 Å². The van der Waals surface area contributed by atoms with Gasteiger partial charge in [-0.1, -0.05) is 84.9 Å². The van der Waals surface area contributed by atoms with Crippen molar-refractivity contribution >= 4 is 21.4 Å². The van der Waals surface area contributed by atoms with Crippen molar-refractivity contribution in [3.8, 4) is 0 Å². The fourth-order valence-electron chi connectivity index (χ4n) is 7.13. The molecule has 1 saturated heterocycles. The number of hydrogen-bond acceptors (Lipinski definition) is 6. The van der Waals surface area contributed by atoms with Crippen LogP contribution in [0.5, 0.6) is 0 Å². The first-order valence-corrected chi connectivity index (χ1v) is 16.5. The predicted molar refractivity (Wildman–Crippen MR) is 171 cm³/mol. The highest BCUT2D eigenvalue weighted by Crippen LogP contribution is 2.50. The van der Waals surface area contributed by atoms with Crippen LogP contribution in [0, 0.1) is 16.0 Å². The van der Waals surface area contributed by atoms with Crippen LogP contribution in [0.1, 0.15) is 46.7 Å². The number of nitrogens with zero attached hydrogens (tertiary/aromatic N) is 3. The van der Waals surface area contributed by atoms with Crippen molar-refractivity contribution in [1.82, 2.24) is 9.21 Å². The number of rotatable bonds is 7. The predicted octanol–water partition coefficient (Wildman–Crippen LogP) is 6.52. The molecule has 8 nitrogen and oxygen atoms in total. The van der Waals surface area contributed by atoms with Crippen molar-refractivity contribution in [1.29, 1.82) is 0 Å². The minimum Gasteiger partial charge on any atom is -0.378 e. The summed E-state index contributed by atoms with van der Waals surface area (Å²) in [5.74, 6) is 0.166. The molecule has 4 aromatic carbocycles. The molecule has 1 aliphatic carbocycles. The number of non-ortho nitro benzene ring substituents is 1. The van der Waals surface area contributed by atoms with E-state index in [1.807, 2.05) is 54.6 Å². The maximum Gasteiger partial charge on any atom is 0.269 e. The summed E-state index contributed by atoms with van der Waals surface area (Å²) in [5.41, 5.74) is 5.14. The van der Waals surface area contributed by atoms with E-state index in [9.17, 15) is 18.5 Å². The van der Waals surface area contributed by atoms with E-state index < -0.39 is 10.0 Å². The third-order valence-corrected chi connectivity index (χ3v) is 11.2. The molecule has 3 atom stereocenters. The van der Waals surface area contributed by atoms with Gasteiger partial charge in [-0.3, -0.25) is 15.0 Å². The molecule has 44 heavy (non-hydrogen) atoms. The molecular weight excluding hydrogens is 572 g/mol. The maximum absolute atomic E-state index is 14.0. The zero-order valence-corrected chi connectivity index (χ0v) is 25.0. The smallest absolute Gasteiger partial charge is 0.269 e. The molecule has 2 aliphatic heterocycles. The zero-order chi connectivity index (χ0) is 30.3. The molecule has 2 heterocycles. The molecule has 9 heteroatoms. The Morgan fingerprint density at radius 2 is 1.50 bits per heavy atom. The molecule has 1 N–H and O–H groups in total. The van der Waals surface area contributed by atoms with E-state index in [4.69, 9.17) is 0 Å². The van der Waals surface area contributed by atoms with E-state index in [0.29, 0.717) is 31.1 Å². The molecule has 3 unspecified atom stereocenters. The summed E-state index contributed by atoms with van der Waals surface area (Å²) < 4.78 is 29.6. The Morgan fingerprint density at radius 3 is 2.16 bits per heavy atom. The van der Waals surface area contributed by atoms with Gasteiger partial charge in [0.25, 0.3) is 5.69 Å². The summed E-state index contributed by atoms with van der Waals surface area (Å²) >= 11 is 0. The Hall–Kier alpha value is -4.31. The van der Waals surface area contributed by atoms with E-state index in [1.165, 1.54) is 17.2 Å². The molecule has 0 radical (unpaired) electrons. The second kappa shape index (κ2) is 11.6. The summed E-state index contributed by atoms with van der Waals surface area (Å²) in [6.07, 6.45) is 5.09. The highest BCUT2D eigenvalue weighted by atomic mass is 32.2. The second-order valence-corrected chi connectivity index (χ2v) is 13.7. The van der Waals surface area contributed by atoms with Crippen molar-refractivity contribution in [3.63, 3.8) is 0 Å². The van der Waals surface area contributed by atoms with Gasteiger partial charge in [-0.25, -0.2) is 8.42 Å². The second-order valence-electron chi connectivity index (χ2n) is 11.7. The quantitative estimate of drug-likeness (QED) is 0.146. The molecule has 3 aliphatic rings. The number of piperazine rings is 1. The van der Waals surface area contributed by atoms with Crippen LogP contribution in [0.25, 0.3) is 0 Å². The van der Waals surface area contributed by atoms with E-state index in [1.54, 1.807) is 22.5 Å². The Morgan fingerprint density at radius 1 is 0.818 bits per heavy atom. The van der Waals surface area contributed by atoms with Crippen LogP contribution in [0.15, 0.2) is 120 Å². The van der Waals surface area contributed by atoms with Crippen molar-refractivity contribution < 1.29 is 13.3 Å². The number of fused-ring (bicyclic) bond motifs is 3. The average Bonchev–Trinajstić information content (AvgIpc) is 3.56. The lowest BCUT2D eigenvalue weighted by atomic mass is 9.77. The first kappa shape index (κ1) is 28.5. The van der Waals surface area contributed by atoms with Crippen molar-refractivity contribution in [2.75, 3.05) is 31.5 Å². The van der Waals surface area contributed by atoms with E-state index in [0.717, 1.165) is 23.2 Å². The van der Waals surface area contributed by atoms with Gasteiger partial charge in [-0.2, -0.15) is 4.31 Å². The molecule has 4 aromatic rings. The van der Waals surface area contributed by atoms with E-state index in [-0.39, 0.29) is 34.5 Å². The first-order valence-electron chi connectivity index (χ1n) is 15.1. The van der Waals surface area contributed by atoms with E-state index >= 15 is 0 Å². The molecule has 0 amide bonds. The lowest BCUT2D eigenvalue weighted by molar-refractivity contribution is -0.384. The third kappa shape index (κ3) is 5.21. The van der Waals surface area contributed by atoms with Crippen molar-refractivity contribution in [2.45, 2.75) is 29.3 Å². The zero-order valence-electron chi connectivity index (χ0n) is 24.2. The Kier molecular flexibility index (Phi) is 7.53. The Labute approximate surface area is 257 Å². The minimum atomic E-state index is -3.70. The van der Waals surface area contributed by atoms with Gasteiger partial charge in [0, 0.05) is 49.9 Å². The van der Waals surface area contributed by atoms with E-state index in [2.05, 4.69) is 46.6 Å². The number of allylic oxidation sites excluding steroid dienone is 2. The summed E-state index contributed by atoms with van der Waals surface area (Å²) in [6.45, 7) is 2.07. The maximum atomic E-state index is 14.0. The fraction of sp³-hybridized carbons (Fsp3) is 0.257. The van der Waals surface area contributed by atoms with Crippen LogP contribution in [-0.4, -0.2) is 48.7 Å². The summed E-state index contributed by atoms with van der Waals surface area (Å²) in [7, 11) is -3.70. The van der Waals surface area contributed by atoms with Gasteiger partial charge in [0.2, 0.25) is 10.0 Å². The van der Waals surface area contributed by atoms with Crippen molar-refractivity contribution in [2.24, 2.45) is 5.92 Å². The molecule has 7 rings (SSSR count). The minimum absolute atomic E-state index is 0.0278. The van der Waals surface area contributed by atoms with Gasteiger partial charge < -0.3 is 5.32 Å². The number of nitro groups is 1. The normalized spacial score (nSPS) is 21.9. The Bertz CT molecular complexity index is 1770. The first-order chi connectivity index (χ1) is 21.4. The highest BCUT2D eigenvalue weighted by Gasteiger charge is 2.40. The summed E-state index contributed by atoms with van der Waals surface area (Å²) in [5, 5.41) is 15.0. The average molecular weight is 607 g/mol.